The van der Waals surface area contributed by atoms with E-state index in [1.807, 2.05) is 0 Å². The summed E-state index contributed by atoms with van der Waals surface area (Å²) in [5.74, 6) is -2.21. The van der Waals surface area contributed by atoms with E-state index in [2.05, 4.69) is 4.98 Å². The first-order valence-electron chi connectivity index (χ1n) is 2.56. The first-order valence-corrected chi connectivity index (χ1v) is 2.56. The maximum atomic E-state index is 12.3. The van der Waals surface area contributed by atoms with E-state index in [9.17, 15) is 18.9 Å². The van der Waals surface area contributed by atoms with E-state index >= 15 is 0 Å². The topological polar surface area (TPSA) is 56.0 Å². The molecule has 0 saturated carbocycles. The van der Waals surface area contributed by atoms with E-state index < -0.39 is 22.4 Å². The average molecular weight is 160 g/mol. The average Bonchev–Trinajstić information content (AvgIpc) is 1.94. The lowest BCUT2D eigenvalue weighted by Crippen LogP contribution is -1.95. The molecule has 1 aromatic rings. The molecule has 0 spiro atoms. The van der Waals surface area contributed by atoms with Gasteiger partial charge in [0.1, 0.15) is 5.82 Å². The molecule has 0 unspecified atom stereocenters. The third-order valence-electron chi connectivity index (χ3n) is 0.984. The predicted molar refractivity (Wildman–Crippen MR) is 30.8 cm³/mol. The Kier molecular flexibility index (Phi) is 1.75. The van der Waals surface area contributed by atoms with Crippen molar-refractivity contribution in [2.75, 3.05) is 0 Å². The molecule has 4 nitrogen and oxygen atoms in total. The maximum absolute atomic E-state index is 12.3. The van der Waals surface area contributed by atoms with Crippen molar-refractivity contribution in [3.63, 3.8) is 0 Å². The molecular formula is C5H2F2N2O2. The monoisotopic (exact) mass is 160 g/mol. The molecule has 0 radical (unpaired) electrons. The number of nitro groups is 1. The second-order valence-corrected chi connectivity index (χ2v) is 1.72. The summed E-state index contributed by atoms with van der Waals surface area (Å²) in [7, 11) is 0. The van der Waals surface area contributed by atoms with Crippen LogP contribution in [-0.4, -0.2) is 9.91 Å². The molecule has 0 N–H and O–H groups in total. The van der Waals surface area contributed by atoms with Crippen molar-refractivity contribution >= 4 is 5.69 Å². The summed E-state index contributed by atoms with van der Waals surface area (Å²) in [6.07, 6.45) is 0.572. The molecule has 0 atom stereocenters. The van der Waals surface area contributed by atoms with Gasteiger partial charge in [-0.3, -0.25) is 10.1 Å². The Bertz CT molecular complexity index is 303. The van der Waals surface area contributed by atoms with Gasteiger partial charge in [-0.05, 0) is 0 Å². The standard InChI is InChI=1S/C5H2F2N2O2/c6-3-1-4(9(10)11)5(7)8-2-3/h1-2H. The first kappa shape index (κ1) is 7.52. The van der Waals surface area contributed by atoms with Crippen LogP contribution in [0.15, 0.2) is 12.3 Å². The van der Waals surface area contributed by atoms with Crippen LogP contribution in [0.3, 0.4) is 0 Å². The van der Waals surface area contributed by atoms with Crippen LogP contribution in [0.2, 0.25) is 0 Å². The molecule has 1 heterocycles. The van der Waals surface area contributed by atoms with Gasteiger partial charge in [0.05, 0.1) is 17.2 Å². The first-order chi connectivity index (χ1) is 5.11. The largest absolute Gasteiger partial charge is 0.326 e. The molecule has 0 saturated heterocycles. The number of pyridine rings is 1. The van der Waals surface area contributed by atoms with Crippen LogP contribution in [0.1, 0.15) is 0 Å². The second-order valence-electron chi connectivity index (χ2n) is 1.72. The highest BCUT2D eigenvalue weighted by Gasteiger charge is 2.15. The zero-order chi connectivity index (χ0) is 8.43. The van der Waals surface area contributed by atoms with Crippen molar-refractivity contribution < 1.29 is 13.7 Å². The normalized spacial score (nSPS) is 9.64. The fourth-order valence-corrected chi connectivity index (χ4v) is 0.540. The van der Waals surface area contributed by atoms with Gasteiger partial charge in [-0.15, -0.1) is 0 Å². The number of hydrogen-bond acceptors (Lipinski definition) is 3. The zero-order valence-electron chi connectivity index (χ0n) is 5.12. The van der Waals surface area contributed by atoms with Crippen molar-refractivity contribution in [1.82, 2.24) is 4.98 Å². The number of halogens is 2. The van der Waals surface area contributed by atoms with Gasteiger partial charge in [0.25, 0.3) is 5.95 Å². The van der Waals surface area contributed by atoms with Gasteiger partial charge in [-0.2, -0.15) is 4.39 Å². The lowest BCUT2D eigenvalue weighted by Gasteiger charge is -1.90. The summed E-state index contributed by atoms with van der Waals surface area (Å²) in [4.78, 5) is 11.7. The van der Waals surface area contributed by atoms with E-state index in [4.69, 9.17) is 0 Å². The predicted octanol–water partition coefficient (Wildman–Crippen LogP) is 1.27. The summed E-state index contributed by atoms with van der Waals surface area (Å²) in [6.45, 7) is 0. The van der Waals surface area contributed by atoms with Crippen LogP contribution < -0.4 is 0 Å². The SMILES string of the molecule is O=[N+]([O-])c1cc(F)cnc1F. The minimum absolute atomic E-state index is 0.475. The summed E-state index contributed by atoms with van der Waals surface area (Å²) in [5.41, 5.74) is -0.954. The summed E-state index contributed by atoms with van der Waals surface area (Å²) >= 11 is 0. The minimum atomic E-state index is -1.28. The Labute approximate surface area is 59.6 Å². The zero-order valence-corrected chi connectivity index (χ0v) is 5.12. The van der Waals surface area contributed by atoms with E-state index in [-0.39, 0.29) is 0 Å². The van der Waals surface area contributed by atoms with Crippen LogP contribution in [0.25, 0.3) is 0 Å². The number of hydrogen-bond donors (Lipinski definition) is 0. The molecule has 0 amide bonds. The number of rotatable bonds is 1. The van der Waals surface area contributed by atoms with E-state index in [1.165, 1.54) is 0 Å². The van der Waals surface area contributed by atoms with Gasteiger partial charge < -0.3 is 0 Å². The highest BCUT2D eigenvalue weighted by Crippen LogP contribution is 2.14. The van der Waals surface area contributed by atoms with Crippen LogP contribution in [0, 0.1) is 21.9 Å². The van der Waals surface area contributed by atoms with Crippen LogP contribution in [0.5, 0.6) is 0 Å². The Balaban J connectivity index is 3.23. The second kappa shape index (κ2) is 2.57. The molecule has 11 heavy (non-hydrogen) atoms. The third-order valence-corrected chi connectivity index (χ3v) is 0.984. The molecule has 0 fully saturated rings. The molecule has 0 bridgehead atoms. The Morgan fingerprint density at radius 3 is 2.64 bits per heavy atom. The van der Waals surface area contributed by atoms with Gasteiger partial charge in [0.2, 0.25) is 0 Å². The highest BCUT2D eigenvalue weighted by atomic mass is 19.1. The van der Waals surface area contributed by atoms with Crippen molar-refractivity contribution in [2.45, 2.75) is 0 Å². The smallest absolute Gasteiger partial charge is 0.258 e. The number of nitrogens with zero attached hydrogens (tertiary/aromatic N) is 2. The lowest BCUT2D eigenvalue weighted by molar-refractivity contribution is -0.388. The molecular weight excluding hydrogens is 158 g/mol. The lowest BCUT2D eigenvalue weighted by atomic mass is 10.4. The molecule has 6 heteroatoms. The van der Waals surface area contributed by atoms with Gasteiger partial charge in [-0.25, -0.2) is 9.37 Å². The van der Waals surface area contributed by atoms with E-state index in [1.54, 1.807) is 0 Å². The molecule has 1 aromatic heterocycles. The molecule has 0 aliphatic heterocycles. The van der Waals surface area contributed by atoms with Crippen molar-refractivity contribution in [2.24, 2.45) is 0 Å². The molecule has 0 aliphatic carbocycles. The Hall–Kier alpha value is -1.59. The molecule has 0 aromatic carbocycles. The van der Waals surface area contributed by atoms with Crippen LogP contribution >= 0.6 is 0 Å². The van der Waals surface area contributed by atoms with Gasteiger partial charge in [-0.1, -0.05) is 0 Å². The minimum Gasteiger partial charge on any atom is -0.258 e. The van der Waals surface area contributed by atoms with Crippen molar-refractivity contribution in [3.05, 3.63) is 34.1 Å². The van der Waals surface area contributed by atoms with Gasteiger partial charge in [0.15, 0.2) is 0 Å². The van der Waals surface area contributed by atoms with Gasteiger partial charge in [0, 0.05) is 0 Å². The van der Waals surface area contributed by atoms with E-state index in [0.717, 1.165) is 0 Å². The van der Waals surface area contributed by atoms with Crippen LogP contribution in [0.4, 0.5) is 14.5 Å². The Morgan fingerprint density at radius 2 is 2.18 bits per heavy atom. The summed E-state index contributed by atoms with van der Waals surface area (Å²) < 4.78 is 24.5. The van der Waals surface area contributed by atoms with Crippen LogP contribution in [-0.2, 0) is 0 Å². The van der Waals surface area contributed by atoms with E-state index in [0.29, 0.717) is 12.3 Å². The highest BCUT2D eigenvalue weighted by molar-refractivity contribution is 5.26. The fraction of sp³-hybridized carbons (Fsp3) is 0. The fourth-order valence-electron chi connectivity index (χ4n) is 0.540. The molecule has 1 rings (SSSR count). The van der Waals surface area contributed by atoms with Crippen molar-refractivity contribution in [3.8, 4) is 0 Å². The van der Waals surface area contributed by atoms with Gasteiger partial charge >= 0.3 is 5.69 Å². The quantitative estimate of drug-likeness (QED) is 0.353. The number of aromatic nitrogens is 1. The Morgan fingerprint density at radius 1 is 1.55 bits per heavy atom. The maximum Gasteiger partial charge on any atom is 0.326 e. The van der Waals surface area contributed by atoms with Crippen molar-refractivity contribution in [1.29, 1.82) is 0 Å². The summed E-state index contributed by atoms with van der Waals surface area (Å²) in [5, 5.41) is 9.93. The summed E-state index contributed by atoms with van der Waals surface area (Å²) in [6, 6.07) is 0.475. The third kappa shape index (κ3) is 1.46. The molecule has 58 valence electrons. The molecule has 0 aliphatic rings.